The summed E-state index contributed by atoms with van der Waals surface area (Å²) in [5.74, 6) is 0. The molecule has 0 bridgehead atoms. The molecule has 1 atom stereocenters. The first kappa shape index (κ1) is 15.6. The van der Waals surface area contributed by atoms with E-state index in [4.69, 9.17) is 0 Å². The number of aromatic nitrogens is 2. The van der Waals surface area contributed by atoms with Crippen LogP contribution in [0.4, 0.5) is 0 Å². The molecule has 0 radical (unpaired) electrons. The molecule has 112 valence electrons. The van der Waals surface area contributed by atoms with Crippen LogP contribution in [0.3, 0.4) is 0 Å². The zero-order valence-electron chi connectivity index (χ0n) is 11.9. The van der Waals surface area contributed by atoms with Gasteiger partial charge in [-0.1, -0.05) is 12.1 Å². The Morgan fingerprint density at radius 3 is 2.71 bits per heavy atom. The Morgan fingerprint density at radius 2 is 2.05 bits per heavy atom. The Balaban J connectivity index is 2.16. The van der Waals surface area contributed by atoms with Crippen LogP contribution < -0.4 is 10.0 Å². The molecule has 0 aliphatic heterocycles. The summed E-state index contributed by atoms with van der Waals surface area (Å²) in [4.78, 5) is 0.242. The van der Waals surface area contributed by atoms with Crippen molar-refractivity contribution in [1.82, 2.24) is 20.2 Å². The number of nitrogens with one attached hydrogen (secondary N) is 2. The van der Waals surface area contributed by atoms with Crippen LogP contribution in [0.1, 0.15) is 24.2 Å². The van der Waals surface area contributed by atoms with Crippen molar-refractivity contribution in [2.45, 2.75) is 24.4 Å². The van der Waals surface area contributed by atoms with Gasteiger partial charge in [-0.3, -0.25) is 0 Å². The van der Waals surface area contributed by atoms with Gasteiger partial charge in [0.25, 0.3) is 0 Å². The first-order chi connectivity index (χ1) is 10.0. The smallest absolute Gasteiger partial charge is 0.240 e. The van der Waals surface area contributed by atoms with Gasteiger partial charge in [-0.15, -0.1) is 0 Å². The molecule has 0 spiro atoms. The summed E-state index contributed by atoms with van der Waals surface area (Å²) in [6, 6.07) is 10.4. The SMILES string of the molecule is CNC(C)c1cccc(S(=O)(=O)NCc2cccnn2)c1. The Bertz CT molecular complexity index is 689. The van der Waals surface area contributed by atoms with E-state index in [-0.39, 0.29) is 17.5 Å². The number of rotatable bonds is 6. The number of sulfonamides is 1. The average Bonchev–Trinajstić information content (AvgIpc) is 2.53. The summed E-state index contributed by atoms with van der Waals surface area (Å²) in [6.07, 6.45) is 1.54. The van der Waals surface area contributed by atoms with Crippen molar-refractivity contribution < 1.29 is 8.42 Å². The van der Waals surface area contributed by atoms with E-state index in [1.54, 1.807) is 36.5 Å². The van der Waals surface area contributed by atoms with Crippen molar-refractivity contribution in [3.05, 3.63) is 53.9 Å². The zero-order chi connectivity index (χ0) is 15.3. The minimum atomic E-state index is -3.57. The molecule has 1 heterocycles. The highest BCUT2D eigenvalue weighted by Crippen LogP contribution is 2.17. The van der Waals surface area contributed by atoms with E-state index in [1.165, 1.54) is 0 Å². The van der Waals surface area contributed by atoms with Gasteiger partial charge in [0.15, 0.2) is 0 Å². The van der Waals surface area contributed by atoms with Crippen LogP contribution in [0.2, 0.25) is 0 Å². The van der Waals surface area contributed by atoms with E-state index < -0.39 is 10.0 Å². The monoisotopic (exact) mass is 306 g/mol. The molecule has 0 aliphatic rings. The van der Waals surface area contributed by atoms with Crippen LogP contribution in [-0.2, 0) is 16.6 Å². The molecule has 7 heteroatoms. The Labute approximate surface area is 124 Å². The van der Waals surface area contributed by atoms with Gasteiger partial charge in [0.1, 0.15) is 0 Å². The van der Waals surface area contributed by atoms with Crippen LogP contribution >= 0.6 is 0 Å². The first-order valence-corrected chi connectivity index (χ1v) is 8.05. The van der Waals surface area contributed by atoms with Gasteiger partial charge < -0.3 is 5.32 Å². The molecule has 21 heavy (non-hydrogen) atoms. The lowest BCUT2D eigenvalue weighted by atomic mass is 10.1. The topological polar surface area (TPSA) is 84.0 Å². The lowest BCUT2D eigenvalue weighted by molar-refractivity contribution is 0.579. The maximum absolute atomic E-state index is 12.3. The Kier molecular flexibility index (Phi) is 5.00. The third-order valence-corrected chi connectivity index (χ3v) is 4.57. The van der Waals surface area contributed by atoms with Gasteiger partial charge >= 0.3 is 0 Å². The highest BCUT2D eigenvalue weighted by Gasteiger charge is 2.15. The molecule has 0 aliphatic carbocycles. The van der Waals surface area contributed by atoms with Gasteiger partial charge in [0.2, 0.25) is 10.0 Å². The molecule has 2 aromatic rings. The second-order valence-electron chi connectivity index (χ2n) is 4.62. The predicted octanol–water partition coefficient (Wildman–Crippen LogP) is 1.24. The minimum absolute atomic E-state index is 0.0835. The molecule has 1 aromatic carbocycles. The summed E-state index contributed by atoms with van der Waals surface area (Å²) in [5.41, 5.74) is 1.49. The third-order valence-electron chi connectivity index (χ3n) is 3.17. The fourth-order valence-electron chi connectivity index (χ4n) is 1.80. The van der Waals surface area contributed by atoms with E-state index in [9.17, 15) is 8.42 Å². The first-order valence-electron chi connectivity index (χ1n) is 6.56. The van der Waals surface area contributed by atoms with Crippen molar-refractivity contribution >= 4 is 10.0 Å². The fraction of sp³-hybridized carbons (Fsp3) is 0.286. The maximum Gasteiger partial charge on any atom is 0.240 e. The molecule has 0 amide bonds. The highest BCUT2D eigenvalue weighted by molar-refractivity contribution is 7.89. The normalized spacial score (nSPS) is 13.0. The third kappa shape index (κ3) is 4.07. The standard InChI is InChI=1S/C14H18N4O2S/c1-11(15-2)12-5-3-7-14(9-12)21(19,20)17-10-13-6-4-8-16-18-13/h3-9,11,15,17H,10H2,1-2H3. The van der Waals surface area contributed by atoms with Crippen molar-refractivity contribution in [3.8, 4) is 0 Å². The summed E-state index contributed by atoms with van der Waals surface area (Å²) < 4.78 is 27.1. The van der Waals surface area contributed by atoms with Crippen LogP contribution in [0.25, 0.3) is 0 Å². The summed E-state index contributed by atoms with van der Waals surface area (Å²) in [6.45, 7) is 2.08. The van der Waals surface area contributed by atoms with Crippen LogP contribution in [0, 0.1) is 0 Å². The van der Waals surface area contributed by atoms with E-state index in [1.807, 2.05) is 20.0 Å². The molecule has 1 unspecified atom stereocenters. The largest absolute Gasteiger partial charge is 0.313 e. The molecule has 2 rings (SSSR count). The van der Waals surface area contributed by atoms with Crippen molar-refractivity contribution in [3.63, 3.8) is 0 Å². The molecule has 0 fully saturated rings. The molecule has 0 saturated heterocycles. The molecular formula is C14H18N4O2S. The van der Waals surface area contributed by atoms with Gasteiger partial charge in [-0.05, 0) is 43.8 Å². The fourth-order valence-corrected chi connectivity index (χ4v) is 2.85. The molecular weight excluding hydrogens is 288 g/mol. The second-order valence-corrected chi connectivity index (χ2v) is 6.39. The summed E-state index contributed by atoms with van der Waals surface area (Å²) in [5, 5.41) is 10.6. The number of hydrogen-bond donors (Lipinski definition) is 2. The van der Waals surface area contributed by atoms with Gasteiger partial charge in [-0.2, -0.15) is 10.2 Å². The molecule has 0 saturated carbocycles. The van der Waals surface area contributed by atoms with E-state index >= 15 is 0 Å². The lowest BCUT2D eigenvalue weighted by Gasteiger charge is -2.12. The van der Waals surface area contributed by atoms with E-state index in [0.717, 1.165) is 5.56 Å². The van der Waals surface area contributed by atoms with Gasteiger partial charge in [0.05, 0.1) is 17.1 Å². The molecule has 1 aromatic heterocycles. The quantitative estimate of drug-likeness (QED) is 0.839. The van der Waals surface area contributed by atoms with Crippen molar-refractivity contribution in [2.75, 3.05) is 7.05 Å². The van der Waals surface area contributed by atoms with Crippen LogP contribution in [-0.4, -0.2) is 25.7 Å². The average molecular weight is 306 g/mol. The van der Waals surface area contributed by atoms with Crippen molar-refractivity contribution in [1.29, 1.82) is 0 Å². The number of nitrogens with zero attached hydrogens (tertiary/aromatic N) is 2. The summed E-state index contributed by atoms with van der Waals surface area (Å²) in [7, 11) is -1.74. The van der Waals surface area contributed by atoms with Crippen LogP contribution in [0.5, 0.6) is 0 Å². The zero-order valence-corrected chi connectivity index (χ0v) is 12.8. The maximum atomic E-state index is 12.3. The van der Waals surface area contributed by atoms with Crippen molar-refractivity contribution in [2.24, 2.45) is 0 Å². The second kappa shape index (κ2) is 6.75. The van der Waals surface area contributed by atoms with E-state index in [0.29, 0.717) is 5.69 Å². The van der Waals surface area contributed by atoms with Gasteiger partial charge in [0, 0.05) is 12.2 Å². The van der Waals surface area contributed by atoms with Crippen LogP contribution in [0.15, 0.2) is 47.5 Å². The number of benzene rings is 1. The Morgan fingerprint density at radius 1 is 1.24 bits per heavy atom. The minimum Gasteiger partial charge on any atom is -0.313 e. The lowest BCUT2D eigenvalue weighted by Crippen LogP contribution is -2.24. The molecule has 6 nitrogen and oxygen atoms in total. The molecule has 2 N–H and O–H groups in total. The Hall–Kier alpha value is -1.83. The predicted molar refractivity (Wildman–Crippen MR) is 80.0 cm³/mol. The van der Waals surface area contributed by atoms with E-state index in [2.05, 4.69) is 20.2 Å². The highest BCUT2D eigenvalue weighted by atomic mass is 32.2. The number of hydrogen-bond acceptors (Lipinski definition) is 5. The summed E-state index contributed by atoms with van der Waals surface area (Å²) >= 11 is 0. The van der Waals surface area contributed by atoms with Gasteiger partial charge in [-0.25, -0.2) is 13.1 Å².